The van der Waals surface area contributed by atoms with Gasteiger partial charge < -0.3 is 9.72 Å². The van der Waals surface area contributed by atoms with Crippen LogP contribution in [0.25, 0.3) is 21.8 Å². The number of nitrogens with zero attached hydrogens (tertiary/aromatic N) is 1. The number of aromatic nitrogens is 2. The molecule has 1 aromatic carbocycles. The molecule has 0 aliphatic heterocycles. The van der Waals surface area contributed by atoms with E-state index in [-0.39, 0.29) is 0 Å². The van der Waals surface area contributed by atoms with Gasteiger partial charge in [0.2, 0.25) is 0 Å². The second-order valence-corrected chi connectivity index (χ2v) is 6.97. The highest BCUT2D eigenvalue weighted by molar-refractivity contribution is 6.08. The van der Waals surface area contributed by atoms with Crippen molar-refractivity contribution in [3.05, 3.63) is 36.2 Å². The van der Waals surface area contributed by atoms with Crippen molar-refractivity contribution in [2.45, 2.75) is 65.2 Å². The lowest BCUT2D eigenvalue weighted by molar-refractivity contribution is 0.304. The van der Waals surface area contributed by atoms with E-state index in [4.69, 9.17) is 4.74 Å². The molecule has 3 rings (SSSR count). The molecule has 0 fully saturated rings. The molecule has 3 nitrogen and oxygen atoms in total. The largest absolute Gasteiger partial charge is 0.494 e. The molecular weight excluding hydrogens is 308 g/mol. The molecule has 1 N–H and O–H groups in total. The number of fused-ring (bicyclic) bond motifs is 3. The molecule has 0 saturated carbocycles. The van der Waals surface area contributed by atoms with Crippen LogP contribution < -0.4 is 4.74 Å². The van der Waals surface area contributed by atoms with E-state index < -0.39 is 0 Å². The summed E-state index contributed by atoms with van der Waals surface area (Å²) in [6.45, 7) is 5.11. The highest BCUT2D eigenvalue weighted by atomic mass is 16.5. The zero-order valence-corrected chi connectivity index (χ0v) is 15.6. The predicted molar refractivity (Wildman–Crippen MR) is 106 cm³/mol. The van der Waals surface area contributed by atoms with Crippen molar-refractivity contribution in [1.29, 1.82) is 0 Å². The molecule has 3 aromatic rings. The van der Waals surface area contributed by atoms with Crippen LogP contribution in [0, 0.1) is 6.92 Å². The number of pyridine rings is 1. The summed E-state index contributed by atoms with van der Waals surface area (Å²) in [6.07, 6.45) is 12.5. The fourth-order valence-electron chi connectivity index (χ4n) is 3.46. The van der Waals surface area contributed by atoms with Crippen LogP contribution in [0.15, 0.2) is 30.5 Å². The summed E-state index contributed by atoms with van der Waals surface area (Å²) < 4.78 is 5.95. The van der Waals surface area contributed by atoms with Gasteiger partial charge in [0.1, 0.15) is 5.75 Å². The van der Waals surface area contributed by atoms with E-state index in [0.29, 0.717) is 0 Å². The standard InChI is InChI=1S/C22H30N2O/c1-3-4-5-6-7-8-9-10-15-25-18-11-12-19-20-13-14-23-17(2)22(20)24-21(19)16-18/h11-14,16,24H,3-10,15H2,1-2H3. The van der Waals surface area contributed by atoms with Gasteiger partial charge in [-0.25, -0.2) is 0 Å². The van der Waals surface area contributed by atoms with Gasteiger partial charge in [0.05, 0.1) is 23.3 Å². The maximum Gasteiger partial charge on any atom is 0.121 e. The van der Waals surface area contributed by atoms with Gasteiger partial charge in [0.25, 0.3) is 0 Å². The average Bonchev–Trinajstić information content (AvgIpc) is 3.00. The van der Waals surface area contributed by atoms with Crippen LogP contribution >= 0.6 is 0 Å². The van der Waals surface area contributed by atoms with Crippen molar-refractivity contribution in [3.63, 3.8) is 0 Å². The van der Waals surface area contributed by atoms with Gasteiger partial charge in [-0.1, -0.05) is 51.9 Å². The highest BCUT2D eigenvalue weighted by Crippen LogP contribution is 2.29. The molecule has 0 saturated heterocycles. The minimum atomic E-state index is 0.807. The summed E-state index contributed by atoms with van der Waals surface area (Å²) in [7, 11) is 0. The van der Waals surface area contributed by atoms with Crippen LogP contribution in [-0.2, 0) is 0 Å². The van der Waals surface area contributed by atoms with Gasteiger partial charge in [-0.05, 0) is 31.5 Å². The molecule has 0 unspecified atom stereocenters. The minimum absolute atomic E-state index is 0.807. The molecule has 0 atom stereocenters. The van der Waals surface area contributed by atoms with Crippen molar-refractivity contribution >= 4 is 21.8 Å². The molecule has 3 heteroatoms. The molecule has 0 amide bonds. The number of H-pyrrole nitrogens is 1. The first-order valence-electron chi connectivity index (χ1n) is 9.79. The van der Waals surface area contributed by atoms with E-state index >= 15 is 0 Å². The predicted octanol–water partition coefficient (Wildman–Crippen LogP) is 6.54. The average molecular weight is 338 g/mol. The molecule has 0 radical (unpaired) electrons. The third kappa shape index (κ3) is 4.53. The van der Waals surface area contributed by atoms with Crippen LogP contribution in [0.3, 0.4) is 0 Å². The van der Waals surface area contributed by atoms with E-state index in [9.17, 15) is 0 Å². The van der Waals surface area contributed by atoms with Crippen molar-refractivity contribution in [2.24, 2.45) is 0 Å². The number of aromatic amines is 1. The Kier molecular flexibility index (Phi) is 6.32. The van der Waals surface area contributed by atoms with Gasteiger partial charge in [-0.2, -0.15) is 0 Å². The zero-order chi connectivity index (χ0) is 17.5. The number of nitrogens with one attached hydrogen (secondary N) is 1. The van der Waals surface area contributed by atoms with E-state index in [1.54, 1.807) is 0 Å². The maximum atomic E-state index is 5.95. The van der Waals surface area contributed by atoms with Gasteiger partial charge in [-0.3, -0.25) is 4.98 Å². The fourth-order valence-corrected chi connectivity index (χ4v) is 3.46. The van der Waals surface area contributed by atoms with Gasteiger partial charge in [0.15, 0.2) is 0 Å². The number of hydrogen-bond donors (Lipinski definition) is 1. The molecule has 2 aromatic heterocycles. The van der Waals surface area contributed by atoms with Crippen LogP contribution in [0.5, 0.6) is 5.75 Å². The van der Waals surface area contributed by atoms with E-state index in [2.05, 4.69) is 41.2 Å². The lowest BCUT2D eigenvalue weighted by atomic mass is 10.1. The second-order valence-electron chi connectivity index (χ2n) is 6.97. The number of benzene rings is 1. The summed E-state index contributed by atoms with van der Waals surface area (Å²) >= 11 is 0. The molecule has 0 spiro atoms. The van der Waals surface area contributed by atoms with E-state index in [1.807, 2.05) is 13.1 Å². The molecular formula is C22H30N2O. The minimum Gasteiger partial charge on any atom is -0.494 e. The van der Waals surface area contributed by atoms with Crippen molar-refractivity contribution in [2.75, 3.05) is 6.61 Å². The first-order chi connectivity index (χ1) is 12.3. The summed E-state index contributed by atoms with van der Waals surface area (Å²) in [5.74, 6) is 0.951. The molecule has 2 heterocycles. The van der Waals surface area contributed by atoms with Crippen molar-refractivity contribution < 1.29 is 4.74 Å². The summed E-state index contributed by atoms with van der Waals surface area (Å²) in [5, 5.41) is 2.47. The Morgan fingerprint density at radius 1 is 0.920 bits per heavy atom. The first-order valence-corrected chi connectivity index (χ1v) is 9.79. The first kappa shape index (κ1) is 17.8. The SMILES string of the molecule is CCCCCCCCCCOc1ccc2c(c1)[nH]c1c(C)nccc12. The van der Waals surface area contributed by atoms with E-state index in [1.165, 1.54) is 55.7 Å². The van der Waals surface area contributed by atoms with Crippen LogP contribution in [0.4, 0.5) is 0 Å². The fraction of sp³-hybridized carbons (Fsp3) is 0.500. The number of ether oxygens (including phenoxy) is 1. The van der Waals surface area contributed by atoms with Gasteiger partial charge >= 0.3 is 0 Å². The third-order valence-corrected chi connectivity index (χ3v) is 4.95. The second kappa shape index (κ2) is 8.89. The Bertz CT molecular complexity index is 806. The van der Waals surface area contributed by atoms with Crippen LogP contribution in [0.1, 0.15) is 64.0 Å². The Hall–Kier alpha value is -2.03. The zero-order valence-electron chi connectivity index (χ0n) is 15.6. The number of unbranched alkanes of at least 4 members (excludes halogenated alkanes) is 7. The quantitative estimate of drug-likeness (QED) is 0.426. The Balaban J connectivity index is 1.48. The molecule has 25 heavy (non-hydrogen) atoms. The summed E-state index contributed by atoms with van der Waals surface area (Å²) in [4.78, 5) is 7.84. The molecule has 0 aliphatic rings. The van der Waals surface area contributed by atoms with Gasteiger partial charge in [-0.15, -0.1) is 0 Å². The molecule has 0 bridgehead atoms. The van der Waals surface area contributed by atoms with Crippen LogP contribution in [-0.4, -0.2) is 16.6 Å². The summed E-state index contributed by atoms with van der Waals surface area (Å²) in [6, 6.07) is 8.41. The lowest BCUT2D eigenvalue weighted by Crippen LogP contribution is -1.97. The van der Waals surface area contributed by atoms with E-state index in [0.717, 1.165) is 35.5 Å². The topological polar surface area (TPSA) is 37.9 Å². The number of aryl methyl sites for hydroxylation is 1. The Labute approximate surface area is 150 Å². The molecule has 134 valence electrons. The van der Waals surface area contributed by atoms with Crippen LogP contribution in [0.2, 0.25) is 0 Å². The summed E-state index contributed by atoms with van der Waals surface area (Å²) in [5.41, 5.74) is 3.28. The lowest BCUT2D eigenvalue weighted by Gasteiger charge is -2.06. The number of hydrogen-bond acceptors (Lipinski definition) is 2. The molecule has 0 aliphatic carbocycles. The Morgan fingerprint density at radius 3 is 2.48 bits per heavy atom. The Morgan fingerprint density at radius 2 is 1.68 bits per heavy atom. The maximum absolute atomic E-state index is 5.95. The van der Waals surface area contributed by atoms with Crippen molar-refractivity contribution in [3.8, 4) is 5.75 Å². The smallest absolute Gasteiger partial charge is 0.121 e. The third-order valence-electron chi connectivity index (χ3n) is 4.95. The van der Waals surface area contributed by atoms with Crippen molar-refractivity contribution in [1.82, 2.24) is 9.97 Å². The number of rotatable bonds is 10. The monoisotopic (exact) mass is 338 g/mol. The normalized spacial score (nSPS) is 11.4. The van der Waals surface area contributed by atoms with Gasteiger partial charge in [0, 0.05) is 23.0 Å². The highest BCUT2D eigenvalue weighted by Gasteiger charge is 2.07.